The Balaban J connectivity index is 1.45. The minimum absolute atomic E-state index is 0.0122. The second-order valence-corrected chi connectivity index (χ2v) is 9.80. The van der Waals surface area contributed by atoms with Gasteiger partial charge in [0, 0.05) is 13.1 Å². The van der Waals surface area contributed by atoms with Crippen molar-refractivity contribution in [2.75, 3.05) is 18.4 Å². The van der Waals surface area contributed by atoms with Gasteiger partial charge in [0.2, 0.25) is 11.6 Å². The van der Waals surface area contributed by atoms with Crippen LogP contribution in [0.15, 0.2) is 67.0 Å². The molecule has 4 aromatic rings. The van der Waals surface area contributed by atoms with Crippen molar-refractivity contribution in [3.63, 3.8) is 0 Å². The van der Waals surface area contributed by atoms with Gasteiger partial charge in [0.25, 0.3) is 0 Å². The van der Waals surface area contributed by atoms with E-state index in [0.29, 0.717) is 5.56 Å². The molecule has 3 N–H and O–H groups in total. The lowest BCUT2D eigenvalue weighted by Crippen LogP contribution is -2.44. The zero-order valence-corrected chi connectivity index (χ0v) is 20.9. The lowest BCUT2D eigenvalue weighted by atomic mass is 10.2. The van der Waals surface area contributed by atoms with Gasteiger partial charge in [-0.2, -0.15) is 17.4 Å². The van der Waals surface area contributed by atoms with Gasteiger partial charge in [0.15, 0.2) is 5.69 Å². The summed E-state index contributed by atoms with van der Waals surface area (Å²) in [4.78, 5) is 23.8. The fraction of sp³-hybridized carbons (Fsp3) is 0.150. The molecule has 2 aromatic carbocycles. The maximum absolute atomic E-state index is 13.6. The molecule has 2 aromatic heterocycles. The molecule has 0 bridgehead atoms. The SMILES string of the molecule is O=C(O)N(Cc1ccccc1)S(=O)(=O)NCCNc1nonc1-c1noc(=O)n1-c1ccc(F)c(Br)c1. The molecule has 0 saturated heterocycles. The highest BCUT2D eigenvalue weighted by Crippen LogP contribution is 2.26. The van der Waals surface area contributed by atoms with Crippen molar-refractivity contribution in [3.8, 4) is 17.2 Å². The van der Waals surface area contributed by atoms with Gasteiger partial charge in [-0.3, -0.25) is 4.52 Å². The summed E-state index contributed by atoms with van der Waals surface area (Å²) >= 11 is 3.04. The number of rotatable bonds is 10. The number of nitrogens with one attached hydrogen (secondary N) is 2. The van der Waals surface area contributed by atoms with E-state index in [-0.39, 0.29) is 51.4 Å². The van der Waals surface area contributed by atoms with Crippen molar-refractivity contribution >= 4 is 38.1 Å². The minimum Gasteiger partial charge on any atom is -0.464 e. The first-order chi connectivity index (χ1) is 17.7. The summed E-state index contributed by atoms with van der Waals surface area (Å²) in [6, 6.07) is 12.0. The van der Waals surface area contributed by atoms with E-state index in [2.05, 4.69) is 41.4 Å². The zero-order chi connectivity index (χ0) is 26.6. The van der Waals surface area contributed by atoms with Gasteiger partial charge >= 0.3 is 22.1 Å². The van der Waals surface area contributed by atoms with Crippen LogP contribution < -0.4 is 15.8 Å². The summed E-state index contributed by atoms with van der Waals surface area (Å²) in [6.07, 6.45) is -1.65. The molecule has 0 spiro atoms. The molecule has 0 aliphatic heterocycles. The lowest BCUT2D eigenvalue weighted by molar-refractivity contribution is 0.170. The van der Waals surface area contributed by atoms with Gasteiger partial charge in [0.05, 0.1) is 16.7 Å². The molecule has 194 valence electrons. The number of benzene rings is 2. The summed E-state index contributed by atoms with van der Waals surface area (Å²) < 4.78 is 51.7. The van der Waals surface area contributed by atoms with E-state index in [9.17, 15) is 27.5 Å². The van der Waals surface area contributed by atoms with Gasteiger partial charge < -0.3 is 10.4 Å². The third-order valence-electron chi connectivity index (χ3n) is 4.84. The molecule has 0 atom stereocenters. The van der Waals surface area contributed by atoms with Crippen molar-refractivity contribution in [2.45, 2.75) is 6.54 Å². The van der Waals surface area contributed by atoms with E-state index in [1.807, 2.05) is 0 Å². The van der Waals surface area contributed by atoms with Crippen LogP contribution in [0.1, 0.15) is 5.56 Å². The van der Waals surface area contributed by atoms with Crippen LogP contribution in [0.25, 0.3) is 17.2 Å². The molecule has 14 nitrogen and oxygen atoms in total. The predicted molar refractivity (Wildman–Crippen MR) is 128 cm³/mol. The fourth-order valence-corrected chi connectivity index (χ4v) is 4.55. The first-order valence-electron chi connectivity index (χ1n) is 10.3. The second kappa shape index (κ2) is 10.9. The quantitative estimate of drug-likeness (QED) is 0.227. The molecule has 37 heavy (non-hydrogen) atoms. The minimum atomic E-state index is -4.39. The summed E-state index contributed by atoms with van der Waals surface area (Å²) in [5, 5.41) is 23.2. The number of carboxylic acid groups (broad SMARTS) is 1. The van der Waals surface area contributed by atoms with Crippen LogP contribution in [0, 0.1) is 5.82 Å². The van der Waals surface area contributed by atoms with Crippen molar-refractivity contribution in [2.24, 2.45) is 0 Å². The van der Waals surface area contributed by atoms with E-state index in [1.54, 1.807) is 30.3 Å². The van der Waals surface area contributed by atoms with Crippen LogP contribution in [0.3, 0.4) is 0 Å². The van der Waals surface area contributed by atoms with Crippen molar-refractivity contribution in [1.29, 1.82) is 0 Å². The number of hydrogen-bond donors (Lipinski definition) is 3. The van der Waals surface area contributed by atoms with Gasteiger partial charge in [-0.15, -0.1) is 0 Å². The summed E-state index contributed by atoms with van der Waals surface area (Å²) in [5.41, 5.74) is 0.646. The number of nitrogens with zero attached hydrogens (tertiary/aromatic N) is 5. The third kappa shape index (κ3) is 5.84. The van der Waals surface area contributed by atoms with Crippen LogP contribution in [0.5, 0.6) is 0 Å². The highest BCUT2D eigenvalue weighted by molar-refractivity contribution is 9.10. The molecule has 0 radical (unpaired) electrons. The largest absolute Gasteiger partial charge is 0.464 e. The Morgan fingerprint density at radius 2 is 1.89 bits per heavy atom. The Labute approximate surface area is 215 Å². The average molecular weight is 598 g/mol. The molecule has 0 aliphatic carbocycles. The van der Waals surface area contributed by atoms with Gasteiger partial charge in [-0.05, 0) is 50.0 Å². The second-order valence-electron chi connectivity index (χ2n) is 7.27. The smallest absolute Gasteiger partial charge is 0.446 e. The molecule has 4 rings (SSSR count). The highest BCUT2D eigenvalue weighted by atomic mass is 79.9. The normalized spacial score (nSPS) is 11.4. The van der Waals surface area contributed by atoms with Gasteiger partial charge in [-0.1, -0.05) is 35.5 Å². The Morgan fingerprint density at radius 1 is 1.14 bits per heavy atom. The first-order valence-corrected chi connectivity index (χ1v) is 12.6. The van der Waals surface area contributed by atoms with E-state index in [4.69, 9.17) is 9.15 Å². The molecule has 0 fully saturated rings. The van der Waals surface area contributed by atoms with Crippen LogP contribution in [-0.2, 0) is 16.8 Å². The topological polar surface area (TPSA) is 186 Å². The first kappa shape index (κ1) is 26.0. The highest BCUT2D eigenvalue weighted by Gasteiger charge is 2.27. The Morgan fingerprint density at radius 3 is 2.59 bits per heavy atom. The molecular weight excluding hydrogens is 581 g/mol. The number of hydrogen-bond acceptors (Lipinski definition) is 10. The summed E-state index contributed by atoms with van der Waals surface area (Å²) in [7, 11) is -4.39. The monoisotopic (exact) mass is 597 g/mol. The Kier molecular flexibility index (Phi) is 7.65. The molecule has 17 heteroatoms. The molecule has 0 unspecified atom stereocenters. The lowest BCUT2D eigenvalue weighted by Gasteiger charge is -2.19. The summed E-state index contributed by atoms with van der Waals surface area (Å²) in [6.45, 7) is -0.702. The molecular formula is C20H17BrFN7O7S. The van der Waals surface area contributed by atoms with Crippen molar-refractivity contribution in [3.05, 3.63) is 74.9 Å². The summed E-state index contributed by atoms with van der Waals surface area (Å²) in [5.74, 6) is -1.56. The molecule has 1 amide bonds. The van der Waals surface area contributed by atoms with Crippen LogP contribution in [0.2, 0.25) is 0 Å². The van der Waals surface area contributed by atoms with Gasteiger partial charge in [0.1, 0.15) is 5.82 Å². The maximum Gasteiger partial charge on any atom is 0.446 e. The predicted octanol–water partition coefficient (Wildman–Crippen LogP) is 2.20. The van der Waals surface area contributed by atoms with Crippen LogP contribution in [0.4, 0.5) is 15.0 Å². The molecule has 0 aliphatic rings. The number of anilines is 1. The number of halogens is 2. The number of aromatic nitrogens is 4. The third-order valence-corrected chi connectivity index (χ3v) is 6.88. The van der Waals surface area contributed by atoms with Crippen molar-refractivity contribution < 1.29 is 31.9 Å². The average Bonchev–Trinajstić information content (AvgIpc) is 3.48. The van der Waals surface area contributed by atoms with Crippen LogP contribution >= 0.6 is 15.9 Å². The van der Waals surface area contributed by atoms with E-state index < -0.39 is 27.9 Å². The standard InChI is InChI=1S/C20H17BrFN7O7S/c21-14-10-13(6-7-15(14)22)29-18(27-35-20(29)32)16-17(26-36-25-16)23-8-9-24-37(33,34)28(19(30)31)11-12-4-2-1-3-5-12/h1-7,10,24H,8-9,11H2,(H,23,26)(H,30,31). The maximum atomic E-state index is 13.6. The van der Waals surface area contributed by atoms with E-state index in [1.165, 1.54) is 12.1 Å². The van der Waals surface area contributed by atoms with Gasteiger partial charge in [-0.25, -0.2) is 23.2 Å². The molecule has 2 heterocycles. The Bertz CT molecular complexity index is 1570. The fourth-order valence-electron chi connectivity index (χ4n) is 3.15. The number of carbonyl (C=O) groups is 1. The van der Waals surface area contributed by atoms with Crippen molar-refractivity contribution in [1.82, 2.24) is 29.1 Å². The van der Waals surface area contributed by atoms with E-state index in [0.717, 1.165) is 10.6 Å². The number of amides is 1. The van der Waals surface area contributed by atoms with Crippen LogP contribution in [-0.4, -0.2) is 57.0 Å². The zero-order valence-electron chi connectivity index (χ0n) is 18.5. The van der Waals surface area contributed by atoms with E-state index >= 15 is 0 Å². The molecule has 0 saturated carbocycles. The Hall–Kier alpha value is -4.09.